The molecule has 96 valence electrons. The zero-order valence-electron chi connectivity index (χ0n) is 9.37. The van der Waals surface area contributed by atoms with Crippen LogP contribution in [0.4, 0.5) is 8.78 Å². The van der Waals surface area contributed by atoms with E-state index in [4.69, 9.17) is 16.3 Å². The van der Waals surface area contributed by atoms with Crippen LogP contribution in [-0.4, -0.2) is 24.2 Å². The second-order valence-corrected chi connectivity index (χ2v) is 3.32. The van der Waals surface area contributed by atoms with Gasteiger partial charge in [-0.25, -0.2) is 8.78 Å². The van der Waals surface area contributed by atoms with Gasteiger partial charge in [0.15, 0.2) is 24.0 Å². The molecule has 2 N–H and O–H groups in total. The summed E-state index contributed by atoms with van der Waals surface area (Å²) in [6, 6.07) is 1.86. The molecule has 4 nitrogen and oxygen atoms in total. The summed E-state index contributed by atoms with van der Waals surface area (Å²) in [5.41, 5.74) is 0.0779. The molecule has 1 amide bonds. The molecular weight excluding hydrogens is 244 g/mol. The number of halogens is 2. The Hall–Kier alpha value is -2.13. The Labute approximate surface area is 103 Å². The Kier molecular flexibility index (Phi) is 5.08. The Morgan fingerprint density at radius 1 is 1.44 bits per heavy atom. The Morgan fingerprint density at radius 2 is 2.06 bits per heavy atom. The fraction of sp³-hybridized carbons (Fsp3) is 0.250. The first-order valence-corrected chi connectivity index (χ1v) is 5.00. The van der Waals surface area contributed by atoms with E-state index in [-0.39, 0.29) is 12.1 Å². The minimum Gasteiger partial charge on any atom is -0.478 e. The molecule has 0 radical (unpaired) electrons. The molecule has 1 aromatic carbocycles. The zero-order chi connectivity index (χ0) is 13.5. The number of terminal acetylenes is 1. The molecule has 0 saturated heterocycles. The molecule has 0 heterocycles. The van der Waals surface area contributed by atoms with Gasteiger partial charge in [0, 0.05) is 0 Å². The van der Waals surface area contributed by atoms with Crippen LogP contribution in [0.1, 0.15) is 5.56 Å². The molecule has 0 aliphatic carbocycles. The lowest BCUT2D eigenvalue weighted by atomic mass is 10.2. The fourth-order valence-corrected chi connectivity index (χ4v) is 1.18. The first-order chi connectivity index (χ1) is 8.58. The van der Waals surface area contributed by atoms with Crippen molar-refractivity contribution in [1.82, 2.24) is 5.32 Å². The smallest absolute Gasteiger partial charge is 0.258 e. The molecule has 1 aromatic rings. The van der Waals surface area contributed by atoms with Crippen molar-refractivity contribution in [2.75, 3.05) is 13.2 Å². The van der Waals surface area contributed by atoms with Gasteiger partial charge in [-0.3, -0.25) is 4.79 Å². The number of nitrogens with one attached hydrogen (secondary N) is 1. The lowest BCUT2D eigenvalue weighted by molar-refractivity contribution is -0.122. The van der Waals surface area contributed by atoms with Crippen LogP contribution in [0.15, 0.2) is 12.1 Å². The van der Waals surface area contributed by atoms with Crippen LogP contribution in [0.25, 0.3) is 0 Å². The second-order valence-electron chi connectivity index (χ2n) is 3.32. The zero-order valence-corrected chi connectivity index (χ0v) is 9.37. The summed E-state index contributed by atoms with van der Waals surface area (Å²) in [6.45, 7) is -1.03. The number of ether oxygens (including phenoxy) is 1. The third kappa shape index (κ3) is 3.71. The van der Waals surface area contributed by atoms with Crippen LogP contribution < -0.4 is 10.1 Å². The number of aliphatic hydroxyl groups is 1. The van der Waals surface area contributed by atoms with Crippen LogP contribution in [0, 0.1) is 24.0 Å². The highest BCUT2D eigenvalue weighted by Crippen LogP contribution is 2.23. The highest BCUT2D eigenvalue weighted by Gasteiger charge is 2.13. The molecule has 0 spiro atoms. The fourth-order valence-electron chi connectivity index (χ4n) is 1.18. The maximum atomic E-state index is 13.4. The number of amides is 1. The van der Waals surface area contributed by atoms with E-state index in [0.29, 0.717) is 0 Å². The number of rotatable bonds is 5. The predicted molar refractivity (Wildman–Crippen MR) is 59.6 cm³/mol. The minimum atomic E-state index is -0.983. The van der Waals surface area contributed by atoms with Gasteiger partial charge >= 0.3 is 0 Å². The third-order valence-corrected chi connectivity index (χ3v) is 1.98. The number of hydrogen-bond acceptors (Lipinski definition) is 3. The number of carbonyl (C=O) groups excluding carboxylic acids is 1. The van der Waals surface area contributed by atoms with E-state index >= 15 is 0 Å². The van der Waals surface area contributed by atoms with Crippen molar-refractivity contribution in [3.63, 3.8) is 0 Å². The Balaban J connectivity index is 2.68. The number of hydrogen-bond donors (Lipinski definition) is 2. The van der Waals surface area contributed by atoms with E-state index in [1.807, 2.05) is 0 Å². The average Bonchev–Trinajstić information content (AvgIpc) is 2.34. The van der Waals surface area contributed by atoms with E-state index in [2.05, 4.69) is 11.2 Å². The molecule has 18 heavy (non-hydrogen) atoms. The summed E-state index contributed by atoms with van der Waals surface area (Å²) in [6.07, 6.45) is 4.92. The van der Waals surface area contributed by atoms with Gasteiger partial charge in [0.2, 0.25) is 0 Å². The molecule has 1 rings (SSSR count). The molecule has 6 heteroatoms. The molecular formula is C12H11F2NO3. The summed E-state index contributed by atoms with van der Waals surface area (Å²) >= 11 is 0. The van der Waals surface area contributed by atoms with Crippen molar-refractivity contribution in [2.45, 2.75) is 6.61 Å². The summed E-state index contributed by atoms with van der Waals surface area (Å²) in [4.78, 5) is 11.1. The molecule has 0 atom stereocenters. The Morgan fingerprint density at radius 3 is 2.56 bits per heavy atom. The maximum Gasteiger partial charge on any atom is 0.258 e. The van der Waals surface area contributed by atoms with Crippen molar-refractivity contribution in [3.8, 4) is 18.1 Å². The minimum absolute atomic E-state index is 0.0105. The first-order valence-electron chi connectivity index (χ1n) is 5.00. The number of benzene rings is 1. The van der Waals surface area contributed by atoms with E-state index in [0.717, 1.165) is 12.1 Å². The van der Waals surface area contributed by atoms with Crippen molar-refractivity contribution < 1.29 is 23.4 Å². The van der Waals surface area contributed by atoms with Crippen LogP contribution >= 0.6 is 0 Å². The van der Waals surface area contributed by atoms with Crippen molar-refractivity contribution >= 4 is 5.91 Å². The SMILES string of the molecule is C#CCNC(=O)COc1c(F)cc(CO)cc1F. The summed E-state index contributed by atoms with van der Waals surface area (Å²) < 4.78 is 31.4. The van der Waals surface area contributed by atoms with Gasteiger partial charge in [-0.2, -0.15) is 0 Å². The van der Waals surface area contributed by atoms with Crippen LogP contribution in [0.3, 0.4) is 0 Å². The van der Waals surface area contributed by atoms with E-state index in [1.165, 1.54) is 0 Å². The summed E-state index contributed by atoms with van der Waals surface area (Å²) in [7, 11) is 0. The lowest BCUT2D eigenvalue weighted by Crippen LogP contribution is -2.29. The van der Waals surface area contributed by atoms with Gasteiger partial charge < -0.3 is 15.2 Å². The largest absolute Gasteiger partial charge is 0.478 e. The topological polar surface area (TPSA) is 58.6 Å². The molecule has 0 saturated carbocycles. The molecule has 0 bridgehead atoms. The van der Waals surface area contributed by atoms with Crippen molar-refractivity contribution in [1.29, 1.82) is 0 Å². The number of aliphatic hydroxyl groups excluding tert-OH is 1. The predicted octanol–water partition coefficient (Wildman–Crippen LogP) is 0.585. The van der Waals surface area contributed by atoms with E-state index in [9.17, 15) is 13.6 Å². The van der Waals surface area contributed by atoms with Crippen LogP contribution in [-0.2, 0) is 11.4 Å². The van der Waals surface area contributed by atoms with Gasteiger partial charge in [0.05, 0.1) is 13.2 Å². The normalized spacial score (nSPS) is 9.67. The third-order valence-electron chi connectivity index (χ3n) is 1.98. The van der Waals surface area contributed by atoms with Crippen LogP contribution in [0.2, 0.25) is 0 Å². The van der Waals surface area contributed by atoms with Gasteiger partial charge in [0.1, 0.15) is 0 Å². The van der Waals surface area contributed by atoms with Gasteiger partial charge in [-0.05, 0) is 17.7 Å². The second kappa shape index (κ2) is 6.57. The maximum absolute atomic E-state index is 13.4. The van der Waals surface area contributed by atoms with Gasteiger partial charge in [-0.15, -0.1) is 6.42 Å². The standard InChI is InChI=1S/C12H11F2NO3/c1-2-3-15-11(17)7-18-12-9(13)4-8(6-16)5-10(12)14/h1,4-5,16H,3,6-7H2,(H,15,17). The molecule has 0 aliphatic heterocycles. The summed E-state index contributed by atoms with van der Waals surface area (Å²) in [5.74, 6) is -1.04. The highest BCUT2D eigenvalue weighted by molar-refractivity contribution is 5.77. The highest BCUT2D eigenvalue weighted by atomic mass is 19.1. The lowest BCUT2D eigenvalue weighted by Gasteiger charge is -2.09. The monoisotopic (exact) mass is 255 g/mol. The Bertz CT molecular complexity index is 460. The molecule has 0 unspecified atom stereocenters. The van der Waals surface area contributed by atoms with Crippen molar-refractivity contribution in [3.05, 3.63) is 29.3 Å². The van der Waals surface area contributed by atoms with Gasteiger partial charge in [-0.1, -0.05) is 5.92 Å². The average molecular weight is 255 g/mol. The van der Waals surface area contributed by atoms with E-state index in [1.54, 1.807) is 0 Å². The molecule has 0 aromatic heterocycles. The summed E-state index contributed by atoms with van der Waals surface area (Å²) in [5, 5.41) is 11.0. The molecule has 0 aliphatic rings. The molecule has 0 fully saturated rings. The quantitative estimate of drug-likeness (QED) is 0.757. The van der Waals surface area contributed by atoms with Crippen molar-refractivity contribution in [2.24, 2.45) is 0 Å². The van der Waals surface area contributed by atoms with E-state index < -0.39 is 36.5 Å². The van der Waals surface area contributed by atoms with Crippen LogP contribution in [0.5, 0.6) is 5.75 Å². The first kappa shape index (κ1) is 13.9. The number of carbonyl (C=O) groups is 1. The van der Waals surface area contributed by atoms with Gasteiger partial charge in [0.25, 0.3) is 5.91 Å².